The van der Waals surface area contributed by atoms with Gasteiger partial charge in [-0.05, 0) is 45.0 Å². The molecule has 1 aliphatic rings. The second kappa shape index (κ2) is 8.50. The van der Waals surface area contributed by atoms with Gasteiger partial charge < -0.3 is 10.2 Å². The van der Waals surface area contributed by atoms with E-state index in [-0.39, 0.29) is 11.9 Å². The number of pyridine rings is 2. The summed E-state index contributed by atoms with van der Waals surface area (Å²) in [6.07, 6.45) is 3.25. The minimum Gasteiger partial charge on any atom is -0.354 e. The van der Waals surface area contributed by atoms with Crippen LogP contribution in [0.2, 0.25) is 0 Å². The second-order valence-electron chi connectivity index (χ2n) is 7.48. The summed E-state index contributed by atoms with van der Waals surface area (Å²) in [5.41, 5.74) is 1.05. The predicted molar refractivity (Wildman–Crippen MR) is 114 cm³/mol. The molecule has 3 aromatic rings. The molecule has 4 heterocycles. The van der Waals surface area contributed by atoms with Gasteiger partial charge in [-0.2, -0.15) is 9.97 Å². The van der Waals surface area contributed by atoms with Gasteiger partial charge in [0.05, 0.1) is 5.56 Å². The van der Waals surface area contributed by atoms with E-state index in [2.05, 4.69) is 54.3 Å². The summed E-state index contributed by atoms with van der Waals surface area (Å²) in [4.78, 5) is 36.5. The number of carbonyl (C=O) groups excluding carboxylic acids is 1. The summed E-state index contributed by atoms with van der Waals surface area (Å²) < 4.78 is 0. The first kappa shape index (κ1) is 19.8. The highest BCUT2D eigenvalue weighted by Crippen LogP contribution is 2.17. The van der Waals surface area contributed by atoms with Crippen molar-refractivity contribution in [1.29, 1.82) is 0 Å². The Labute approximate surface area is 175 Å². The van der Waals surface area contributed by atoms with Crippen molar-refractivity contribution in [2.24, 2.45) is 0 Å². The van der Waals surface area contributed by atoms with Gasteiger partial charge >= 0.3 is 0 Å². The fourth-order valence-electron chi connectivity index (χ4n) is 3.54. The first-order valence-corrected chi connectivity index (χ1v) is 9.90. The van der Waals surface area contributed by atoms with E-state index in [9.17, 15) is 4.79 Å². The second-order valence-corrected chi connectivity index (χ2v) is 7.48. The summed E-state index contributed by atoms with van der Waals surface area (Å²) in [6.45, 7) is 7.81. The Balaban J connectivity index is 1.48. The van der Waals surface area contributed by atoms with E-state index in [0.717, 1.165) is 18.9 Å². The third-order valence-electron chi connectivity index (χ3n) is 4.76. The summed E-state index contributed by atoms with van der Waals surface area (Å²) in [6, 6.07) is 9.89. The Bertz CT molecular complexity index is 1010. The molecule has 3 aromatic heterocycles. The Morgan fingerprint density at radius 2 is 1.87 bits per heavy atom. The van der Waals surface area contributed by atoms with Crippen LogP contribution in [0.5, 0.6) is 0 Å². The van der Waals surface area contributed by atoms with Crippen LogP contribution in [0.25, 0.3) is 11.5 Å². The smallest absolute Gasteiger partial charge is 0.259 e. The normalized spacial score (nSPS) is 18.8. The van der Waals surface area contributed by atoms with Gasteiger partial charge in [-0.1, -0.05) is 6.07 Å². The number of hydrogen-bond donors (Lipinski definition) is 2. The molecular weight excluding hydrogens is 380 g/mol. The number of aryl methyl sites for hydroxylation is 1. The summed E-state index contributed by atoms with van der Waals surface area (Å²) >= 11 is 0. The van der Waals surface area contributed by atoms with E-state index in [1.807, 2.05) is 18.2 Å². The van der Waals surface area contributed by atoms with E-state index in [4.69, 9.17) is 0 Å². The fourth-order valence-corrected chi connectivity index (χ4v) is 3.54. The molecule has 0 radical (unpaired) electrons. The molecule has 0 bridgehead atoms. The molecule has 9 nitrogen and oxygen atoms in total. The van der Waals surface area contributed by atoms with Crippen LogP contribution in [0.15, 0.2) is 42.7 Å². The molecule has 2 atom stereocenters. The van der Waals surface area contributed by atoms with Gasteiger partial charge in [0, 0.05) is 37.6 Å². The highest BCUT2D eigenvalue weighted by atomic mass is 16.1. The van der Waals surface area contributed by atoms with Crippen LogP contribution in [-0.4, -0.2) is 56.0 Å². The van der Waals surface area contributed by atoms with Gasteiger partial charge in [-0.15, -0.1) is 0 Å². The zero-order valence-electron chi connectivity index (χ0n) is 17.2. The number of nitrogens with zero attached hydrogens (tertiary/aromatic N) is 6. The van der Waals surface area contributed by atoms with Crippen molar-refractivity contribution in [3.63, 3.8) is 0 Å². The summed E-state index contributed by atoms with van der Waals surface area (Å²) in [5, 5.41) is 6.23. The lowest BCUT2D eigenvalue weighted by Crippen LogP contribution is -2.54. The first-order chi connectivity index (χ1) is 14.5. The van der Waals surface area contributed by atoms with E-state index in [1.165, 1.54) is 0 Å². The van der Waals surface area contributed by atoms with E-state index >= 15 is 0 Å². The van der Waals surface area contributed by atoms with E-state index in [0.29, 0.717) is 35.0 Å². The molecule has 0 saturated carbocycles. The van der Waals surface area contributed by atoms with Gasteiger partial charge in [0.25, 0.3) is 5.91 Å². The molecule has 1 amide bonds. The Hall–Kier alpha value is -3.46. The molecule has 2 N–H and O–H groups in total. The maximum Gasteiger partial charge on any atom is 0.259 e. The standard InChI is InChI=1S/C21H24N8O/c1-13-11-29(12-14(2)24-13)18-8-7-16(10-23-18)20(30)28-21-26-15(3)25-19(27-21)17-6-4-5-9-22-17/h4-10,13-14,24H,11-12H2,1-3H3,(H,25,26,27,28,30). The molecule has 9 heteroatoms. The largest absolute Gasteiger partial charge is 0.354 e. The predicted octanol–water partition coefficient (Wildman–Crippen LogP) is 2.08. The minimum atomic E-state index is -0.325. The van der Waals surface area contributed by atoms with Crippen molar-refractivity contribution in [1.82, 2.24) is 30.2 Å². The van der Waals surface area contributed by atoms with Crippen molar-refractivity contribution in [3.05, 3.63) is 54.1 Å². The minimum absolute atomic E-state index is 0.182. The van der Waals surface area contributed by atoms with Crippen molar-refractivity contribution in [2.45, 2.75) is 32.9 Å². The van der Waals surface area contributed by atoms with Crippen LogP contribution < -0.4 is 15.5 Å². The lowest BCUT2D eigenvalue weighted by Gasteiger charge is -2.36. The Kier molecular flexibility index (Phi) is 5.62. The molecule has 1 saturated heterocycles. The van der Waals surface area contributed by atoms with Crippen molar-refractivity contribution in [2.75, 3.05) is 23.3 Å². The van der Waals surface area contributed by atoms with E-state index in [1.54, 1.807) is 31.5 Å². The SMILES string of the molecule is Cc1nc(NC(=O)c2ccc(N3CC(C)NC(C)C3)nc2)nc(-c2ccccn2)n1. The number of carbonyl (C=O) groups is 1. The number of anilines is 2. The summed E-state index contributed by atoms with van der Waals surface area (Å²) in [5.74, 6) is 1.63. The number of amides is 1. The van der Waals surface area contributed by atoms with Gasteiger partial charge in [0.15, 0.2) is 5.82 Å². The molecular formula is C21H24N8O. The van der Waals surface area contributed by atoms with Gasteiger partial charge in [-0.25, -0.2) is 9.97 Å². The number of piperazine rings is 1. The molecule has 0 aliphatic carbocycles. The molecule has 154 valence electrons. The topological polar surface area (TPSA) is 109 Å². The molecule has 1 aliphatic heterocycles. The van der Waals surface area contributed by atoms with Crippen LogP contribution in [0.3, 0.4) is 0 Å². The van der Waals surface area contributed by atoms with Crippen LogP contribution in [-0.2, 0) is 0 Å². The average Bonchev–Trinajstić information content (AvgIpc) is 2.73. The van der Waals surface area contributed by atoms with Crippen LogP contribution >= 0.6 is 0 Å². The average molecular weight is 404 g/mol. The third kappa shape index (κ3) is 4.57. The quantitative estimate of drug-likeness (QED) is 0.680. The lowest BCUT2D eigenvalue weighted by atomic mass is 10.1. The Morgan fingerprint density at radius 1 is 1.07 bits per heavy atom. The summed E-state index contributed by atoms with van der Waals surface area (Å²) in [7, 11) is 0. The van der Waals surface area contributed by atoms with E-state index < -0.39 is 0 Å². The number of hydrogen-bond acceptors (Lipinski definition) is 8. The number of nitrogens with one attached hydrogen (secondary N) is 2. The maximum absolute atomic E-state index is 12.7. The van der Waals surface area contributed by atoms with Crippen LogP contribution in [0.4, 0.5) is 11.8 Å². The van der Waals surface area contributed by atoms with Crippen LogP contribution in [0.1, 0.15) is 30.0 Å². The molecule has 1 fully saturated rings. The first-order valence-electron chi connectivity index (χ1n) is 9.90. The van der Waals surface area contributed by atoms with Gasteiger partial charge in [0.2, 0.25) is 5.95 Å². The van der Waals surface area contributed by atoms with Gasteiger partial charge in [-0.3, -0.25) is 15.1 Å². The monoisotopic (exact) mass is 404 g/mol. The molecule has 30 heavy (non-hydrogen) atoms. The zero-order chi connectivity index (χ0) is 21.1. The lowest BCUT2D eigenvalue weighted by molar-refractivity contribution is 0.102. The highest BCUT2D eigenvalue weighted by molar-refractivity contribution is 6.03. The van der Waals surface area contributed by atoms with Gasteiger partial charge in [0.1, 0.15) is 17.3 Å². The Morgan fingerprint density at radius 3 is 2.53 bits per heavy atom. The fraction of sp³-hybridized carbons (Fsp3) is 0.333. The number of rotatable bonds is 4. The van der Waals surface area contributed by atoms with Crippen molar-refractivity contribution < 1.29 is 4.79 Å². The van der Waals surface area contributed by atoms with Crippen molar-refractivity contribution in [3.8, 4) is 11.5 Å². The number of aromatic nitrogens is 5. The molecule has 0 aromatic carbocycles. The maximum atomic E-state index is 12.7. The van der Waals surface area contributed by atoms with Crippen molar-refractivity contribution >= 4 is 17.7 Å². The van der Waals surface area contributed by atoms with Crippen LogP contribution in [0, 0.1) is 6.92 Å². The third-order valence-corrected chi connectivity index (χ3v) is 4.76. The molecule has 2 unspecified atom stereocenters. The zero-order valence-corrected chi connectivity index (χ0v) is 17.2. The molecule has 0 spiro atoms. The highest BCUT2D eigenvalue weighted by Gasteiger charge is 2.22. The molecule has 4 rings (SSSR count).